The van der Waals surface area contributed by atoms with E-state index in [4.69, 9.17) is 14.7 Å². The molecule has 1 aromatic rings. The Morgan fingerprint density at radius 3 is 2.68 bits per heavy atom. The van der Waals surface area contributed by atoms with Gasteiger partial charge < -0.3 is 14.7 Å². The second-order valence-corrected chi connectivity index (χ2v) is 5.22. The fraction of sp³-hybridized carbons (Fsp3) is 0.333. The maximum Gasteiger partial charge on any atom is 0.336 e. The number of nitrogens with zero attached hydrogens (tertiary/aromatic N) is 1. The quantitative estimate of drug-likeness (QED) is 0.590. The number of benzene rings is 1. The van der Waals surface area contributed by atoms with Crippen LogP contribution in [-0.4, -0.2) is 30.0 Å². The zero-order valence-electron chi connectivity index (χ0n) is 10.4. The number of aromatic carboxylic acids is 1. The van der Waals surface area contributed by atoms with Crippen LogP contribution in [0.2, 0.25) is 0 Å². The topological polar surface area (TPSA) is 68.1 Å². The molecule has 19 heavy (non-hydrogen) atoms. The van der Waals surface area contributed by atoms with Gasteiger partial charge in [-0.15, -0.1) is 0 Å². The van der Waals surface area contributed by atoms with Crippen LogP contribution in [-0.2, 0) is 4.84 Å². The van der Waals surface area contributed by atoms with Gasteiger partial charge in [0.05, 0.1) is 20.2 Å². The third-order valence-electron chi connectivity index (χ3n) is 2.05. The molecule has 0 aliphatic rings. The van der Waals surface area contributed by atoms with Crippen molar-refractivity contribution < 1.29 is 19.5 Å². The molecule has 0 aliphatic carbocycles. The minimum atomic E-state index is -1.02. The van der Waals surface area contributed by atoms with Crippen molar-refractivity contribution >= 4 is 43.5 Å². The van der Waals surface area contributed by atoms with E-state index in [1.807, 2.05) is 6.92 Å². The van der Waals surface area contributed by atoms with Gasteiger partial charge >= 0.3 is 5.97 Å². The molecule has 0 fully saturated rings. The summed E-state index contributed by atoms with van der Waals surface area (Å²) >= 11 is 6.54. The van der Waals surface area contributed by atoms with Crippen molar-refractivity contribution in [3.05, 3.63) is 26.6 Å². The van der Waals surface area contributed by atoms with Crippen molar-refractivity contribution in [3.63, 3.8) is 0 Å². The lowest BCUT2D eigenvalue weighted by Crippen LogP contribution is -2.10. The number of halogens is 2. The van der Waals surface area contributed by atoms with Crippen LogP contribution in [0.1, 0.15) is 24.2 Å². The van der Waals surface area contributed by atoms with Gasteiger partial charge in [-0.2, -0.15) is 0 Å². The molecule has 1 N–H and O–H groups in total. The van der Waals surface area contributed by atoms with E-state index in [1.54, 1.807) is 13.0 Å². The molecule has 0 saturated carbocycles. The molecule has 0 spiro atoms. The van der Waals surface area contributed by atoms with Crippen molar-refractivity contribution in [2.75, 3.05) is 13.2 Å². The monoisotopic (exact) mass is 393 g/mol. The average Bonchev–Trinajstić information content (AvgIpc) is 2.35. The predicted octanol–water partition coefficient (Wildman–Crippen LogP) is 3.70. The lowest BCUT2D eigenvalue weighted by molar-refractivity contribution is 0.0695. The highest BCUT2D eigenvalue weighted by Gasteiger charge is 2.16. The fourth-order valence-electron chi connectivity index (χ4n) is 1.21. The van der Waals surface area contributed by atoms with E-state index in [-0.39, 0.29) is 12.2 Å². The summed E-state index contributed by atoms with van der Waals surface area (Å²) < 4.78 is 6.60. The van der Waals surface area contributed by atoms with Gasteiger partial charge in [-0.05, 0) is 57.8 Å². The molecule has 0 aliphatic heterocycles. The molecule has 0 radical (unpaired) electrons. The molecule has 0 amide bonds. The first-order valence-electron chi connectivity index (χ1n) is 5.46. The highest BCUT2D eigenvalue weighted by molar-refractivity contribution is 9.11. The molecule has 7 heteroatoms. The summed E-state index contributed by atoms with van der Waals surface area (Å²) in [7, 11) is 0. The van der Waals surface area contributed by atoms with Gasteiger partial charge in [0.15, 0.2) is 0 Å². The van der Waals surface area contributed by atoms with Crippen molar-refractivity contribution in [2.45, 2.75) is 13.8 Å². The van der Waals surface area contributed by atoms with Gasteiger partial charge in [-0.25, -0.2) is 4.79 Å². The third-order valence-corrected chi connectivity index (χ3v) is 3.47. The van der Waals surface area contributed by atoms with Crippen LogP contribution in [0.4, 0.5) is 0 Å². The first-order chi connectivity index (χ1) is 8.97. The molecule has 1 rings (SSSR count). The summed E-state index contributed by atoms with van der Waals surface area (Å²) in [6.07, 6.45) is 0. The average molecular weight is 395 g/mol. The van der Waals surface area contributed by atoms with Gasteiger partial charge in [0.1, 0.15) is 19.0 Å². The van der Waals surface area contributed by atoms with Crippen LogP contribution < -0.4 is 4.74 Å². The maximum absolute atomic E-state index is 11.0. The van der Waals surface area contributed by atoms with Crippen LogP contribution in [0.3, 0.4) is 0 Å². The van der Waals surface area contributed by atoms with E-state index in [2.05, 4.69) is 37.0 Å². The summed E-state index contributed by atoms with van der Waals surface area (Å²) in [6.45, 7) is 4.29. The summed E-state index contributed by atoms with van der Waals surface area (Å²) in [4.78, 5) is 15.9. The summed E-state index contributed by atoms with van der Waals surface area (Å²) in [5, 5.41) is 12.8. The van der Waals surface area contributed by atoms with Crippen LogP contribution in [0.25, 0.3) is 0 Å². The number of hydrogen-bond acceptors (Lipinski definition) is 4. The van der Waals surface area contributed by atoms with Gasteiger partial charge in [0.2, 0.25) is 0 Å². The van der Waals surface area contributed by atoms with Gasteiger partial charge in [0.25, 0.3) is 0 Å². The standard InChI is InChI=1S/C12H13Br2NO4/c1-3-19-15-7(2)6-18-11-9(13)5-4-8(10(11)14)12(16)17/h4-5H,3,6H2,1-2H3,(H,16,17). The Bertz CT molecular complexity index is 503. The number of oxime groups is 1. The van der Waals surface area contributed by atoms with Crippen LogP contribution in [0.5, 0.6) is 5.75 Å². The highest BCUT2D eigenvalue weighted by Crippen LogP contribution is 2.36. The molecule has 0 unspecified atom stereocenters. The van der Waals surface area contributed by atoms with Crippen molar-refractivity contribution in [3.8, 4) is 5.75 Å². The van der Waals surface area contributed by atoms with Crippen LogP contribution >= 0.6 is 31.9 Å². The third kappa shape index (κ3) is 4.50. The molecule has 1 aromatic carbocycles. The first kappa shape index (κ1) is 16.0. The van der Waals surface area contributed by atoms with E-state index in [1.165, 1.54) is 6.07 Å². The molecule has 0 aromatic heterocycles. The molecule has 0 saturated heterocycles. The Balaban J connectivity index is 2.89. The Morgan fingerprint density at radius 2 is 2.11 bits per heavy atom. The highest BCUT2D eigenvalue weighted by atomic mass is 79.9. The lowest BCUT2D eigenvalue weighted by atomic mass is 10.2. The molecule has 5 nitrogen and oxygen atoms in total. The summed E-state index contributed by atoms with van der Waals surface area (Å²) in [5.41, 5.74) is 0.791. The van der Waals surface area contributed by atoms with Gasteiger partial charge in [-0.1, -0.05) is 5.16 Å². The van der Waals surface area contributed by atoms with Gasteiger partial charge in [-0.3, -0.25) is 0 Å². The summed E-state index contributed by atoms with van der Waals surface area (Å²) in [6, 6.07) is 3.11. The molecular weight excluding hydrogens is 382 g/mol. The lowest BCUT2D eigenvalue weighted by Gasteiger charge is -2.11. The van der Waals surface area contributed by atoms with E-state index in [0.29, 0.717) is 27.0 Å². The molecule has 0 heterocycles. The van der Waals surface area contributed by atoms with Crippen LogP contribution in [0, 0.1) is 0 Å². The largest absolute Gasteiger partial charge is 0.485 e. The Labute approximate surface area is 127 Å². The maximum atomic E-state index is 11.0. The Kier molecular flexibility index (Phi) is 6.30. The Morgan fingerprint density at radius 1 is 1.42 bits per heavy atom. The summed E-state index contributed by atoms with van der Waals surface area (Å²) in [5.74, 6) is -0.602. The van der Waals surface area contributed by atoms with Crippen molar-refractivity contribution in [1.29, 1.82) is 0 Å². The van der Waals surface area contributed by atoms with Crippen LogP contribution in [0.15, 0.2) is 26.2 Å². The van der Waals surface area contributed by atoms with Crippen molar-refractivity contribution in [2.24, 2.45) is 5.16 Å². The number of hydrogen-bond donors (Lipinski definition) is 1. The van der Waals surface area contributed by atoms with Crippen molar-refractivity contribution in [1.82, 2.24) is 0 Å². The number of rotatable bonds is 6. The first-order valence-corrected chi connectivity index (χ1v) is 7.05. The Hall–Kier alpha value is -1.08. The number of ether oxygens (including phenoxy) is 1. The van der Waals surface area contributed by atoms with E-state index < -0.39 is 5.97 Å². The zero-order chi connectivity index (χ0) is 14.4. The molecule has 0 bridgehead atoms. The van der Waals surface area contributed by atoms with E-state index >= 15 is 0 Å². The van der Waals surface area contributed by atoms with Gasteiger partial charge in [0, 0.05) is 0 Å². The molecule has 104 valence electrons. The number of carboxylic acids is 1. The fourth-order valence-corrected chi connectivity index (χ4v) is 2.55. The smallest absolute Gasteiger partial charge is 0.336 e. The predicted molar refractivity (Wildman–Crippen MR) is 79.0 cm³/mol. The second-order valence-electron chi connectivity index (χ2n) is 3.58. The molecule has 0 atom stereocenters. The minimum Gasteiger partial charge on any atom is -0.485 e. The van der Waals surface area contributed by atoms with E-state index in [0.717, 1.165) is 0 Å². The minimum absolute atomic E-state index is 0.137. The second kappa shape index (κ2) is 7.49. The number of carbonyl (C=O) groups is 1. The molecular formula is C12H13Br2NO4. The number of carboxylic acid groups (broad SMARTS) is 1. The van der Waals surface area contributed by atoms with E-state index in [9.17, 15) is 4.79 Å². The SMILES string of the molecule is CCON=C(C)COc1c(Br)ccc(C(=O)O)c1Br. The normalized spacial score (nSPS) is 11.3. The zero-order valence-corrected chi connectivity index (χ0v) is 13.6.